The molecule has 1 aliphatic rings. The van der Waals surface area contributed by atoms with Gasteiger partial charge in [-0.25, -0.2) is 4.68 Å². The lowest BCUT2D eigenvalue weighted by Gasteiger charge is -2.16. The van der Waals surface area contributed by atoms with Crippen LogP contribution in [0.3, 0.4) is 0 Å². The molecule has 142 valence electrons. The first-order valence-corrected chi connectivity index (χ1v) is 9.38. The van der Waals surface area contributed by atoms with E-state index in [0.717, 1.165) is 30.0 Å². The number of hydrogen-bond acceptors (Lipinski definition) is 3. The summed E-state index contributed by atoms with van der Waals surface area (Å²) in [5.74, 6) is -0.0821. The smallest absolute Gasteiger partial charge is 0.259 e. The van der Waals surface area contributed by atoms with E-state index in [9.17, 15) is 9.59 Å². The number of benzene rings is 2. The van der Waals surface area contributed by atoms with Gasteiger partial charge in [-0.05, 0) is 50.6 Å². The third-order valence-electron chi connectivity index (χ3n) is 5.01. The molecule has 1 saturated heterocycles. The quantitative estimate of drug-likeness (QED) is 0.754. The van der Waals surface area contributed by atoms with E-state index in [1.54, 1.807) is 9.58 Å². The fraction of sp³-hybridized carbons (Fsp3) is 0.227. The molecule has 0 unspecified atom stereocenters. The van der Waals surface area contributed by atoms with Gasteiger partial charge >= 0.3 is 0 Å². The van der Waals surface area contributed by atoms with Crippen LogP contribution in [0.5, 0.6) is 0 Å². The van der Waals surface area contributed by atoms with Crippen molar-refractivity contribution >= 4 is 23.2 Å². The molecule has 1 aromatic heterocycles. The van der Waals surface area contributed by atoms with Crippen molar-refractivity contribution < 1.29 is 9.59 Å². The zero-order valence-electron chi connectivity index (χ0n) is 16.0. The van der Waals surface area contributed by atoms with Crippen molar-refractivity contribution in [2.24, 2.45) is 0 Å². The maximum atomic E-state index is 13.0. The molecule has 2 amide bonds. The lowest BCUT2D eigenvalue weighted by Crippen LogP contribution is -2.23. The van der Waals surface area contributed by atoms with E-state index in [2.05, 4.69) is 10.4 Å². The maximum absolute atomic E-state index is 13.0. The first-order valence-electron chi connectivity index (χ1n) is 9.38. The number of para-hydroxylation sites is 1. The maximum Gasteiger partial charge on any atom is 0.259 e. The largest absolute Gasteiger partial charge is 0.322 e. The highest BCUT2D eigenvalue weighted by Gasteiger charge is 2.23. The molecule has 1 N–H and O–H groups in total. The van der Waals surface area contributed by atoms with Crippen molar-refractivity contribution in [2.45, 2.75) is 26.7 Å². The monoisotopic (exact) mass is 374 g/mol. The molecule has 0 atom stereocenters. The molecule has 1 fully saturated rings. The lowest BCUT2D eigenvalue weighted by atomic mass is 10.1. The summed E-state index contributed by atoms with van der Waals surface area (Å²) in [7, 11) is 0. The van der Waals surface area contributed by atoms with E-state index in [-0.39, 0.29) is 11.8 Å². The molecule has 4 rings (SSSR count). The highest BCUT2D eigenvalue weighted by molar-refractivity contribution is 6.06. The van der Waals surface area contributed by atoms with Crippen LogP contribution in [0.1, 0.15) is 34.6 Å². The topological polar surface area (TPSA) is 67.2 Å². The number of nitrogens with zero attached hydrogens (tertiary/aromatic N) is 3. The zero-order chi connectivity index (χ0) is 19.7. The van der Waals surface area contributed by atoms with Crippen LogP contribution in [0.4, 0.5) is 11.4 Å². The van der Waals surface area contributed by atoms with Gasteiger partial charge in [0.25, 0.3) is 5.91 Å². The van der Waals surface area contributed by atoms with Gasteiger partial charge < -0.3 is 10.2 Å². The van der Waals surface area contributed by atoms with Gasteiger partial charge in [0, 0.05) is 24.3 Å². The zero-order valence-corrected chi connectivity index (χ0v) is 16.0. The second-order valence-corrected chi connectivity index (χ2v) is 6.95. The molecule has 2 aromatic carbocycles. The van der Waals surface area contributed by atoms with Gasteiger partial charge in [0.1, 0.15) is 0 Å². The van der Waals surface area contributed by atoms with Crippen LogP contribution < -0.4 is 10.2 Å². The van der Waals surface area contributed by atoms with E-state index in [1.807, 2.05) is 68.4 Å². The predicted octanol–water partition coefficient (Wildman–Crippen LogP) is 3.87. The van der Waals surface area contributed by atoms with Gasteiger partial charge in [-0.1, -0.05) is 24.3 Å². The Balaban J connectivity index is 1.60. The Kier molecular flexibility index (Phi) is 4.69. The van der Waals surface area contributed by atoms with E-state index in [0.29, 0.717) is 23.4 Å². The first kappa shape index (κ1) is 18.0. The van der Waals surface area contributed by atoms with Crippen molar-refractivity contribution in [3.8, 4) is 5.69 Å². The Morgan fingerprint density at radius 2 is 1.79 bits per heavy atom. The Morgan fingerprint density at radius 1 is 1.04 bits per heavy atom. The normalized spacial score (nSPS) is 13.8. The molecule has 0 spiro atoms. The molecule has 0 radical (unpaired) electrons. The molecule has 0 bridgehead atoms. The number of hydrogen-bond donors (Lipinski definition) is 1. The predicted molar refractivity (Wildman–Crippen MR) is 109 cm³/mol. The summed E-state index contributed by atoms with van der Waals surface area (Å²) >= 11 is 0. The van der Waals surface area contributed by atoms with Gasteiger partial charge in [0.15, 0.2) is 0 Å². The number of aromatic nitrogens is 2. The Morgan fingerprint density at radius 3 is 2.50 bits per heavy atom. The van der Waals surface area contributed by atoms with E-state index in [4.69, 9.17) is 0 Å². The van der Waals surface area contributed by atoms with Gasteiger partial charge in [-0.2, -0.15) is 5.10 Å². The van der Waals surface area contributed by atoms with Crippen LogP contribution in [-0.2, 0) is 4.79 Å². The molecular weight excluding hydrogens is 352 g/mol. The Labute approximate surface area is 163 Å². The van der Waals surface area contributed by atoms with Crippen LogP contribution >= 0.6 is 0 Å². The number of aryl methyl sites for hydroxylation is 1. The van der Waals surface area contributed by atoms with Crippen LogP contribution in [0.25, 0.3) is 5.69 Å². The van der Waals surface area contributed by atoms with Crippen LogP contribution in [0.15, 0.2) is 54.6 Å². The average Bonchev–Trinajstić information content (AvgIpc) is 3.25. The second kappa shape index (κ2) is 7.31. The molecule has 3 aromatic rings. The number of nitrogens with one attached hydrogen (secondary N) is 1. The number of rotatable bonds is 4. The van der Waals surface area contributed by atoms with Crippen molar-refractivity contribution in [3.05, 3.63) is 71.5 Å². The number of carbonyl (C=O) groups is 2. The third kappa shape index (κ3) is 3.29. The van der Waals surface area contributed by atoms with Gasteiger partial charge in [0.05, 0.1) is 22.6 Å². The van der Waals surface area contributed by atoms with Crippen molar-refractivity contribution in [2.75, 3.05) is 16.8 Å². The van der Waals surface area contributed by atoms with Crippen molar-refractivity contribution in [1.29, 1.82) is 0 Å². The van der Waals surface area contributed by atoms with E-state index >= 15 is 0 Å². The molecule has 6 heteroatoms. The fourth-order valence-electron chi connectivity index (χ4n) is 3.66. The van der Waals surface area contributed by atoms with Crippen LogP contribution in [0, 0.1) is 13.8 Å². The van der Waals surface area contributed by atoms with E-state index in [1.165, 1.54) is 0 Å². The standard InChI is InChI=1S/C22H22N4O2/c1-15-21(16(2)26(24-15)18-9-4-3-5-10-18)22(28)23-17-8-6-11-19(14-17)25-13-7-12-20(25)27/h3-6,8-11,14H,7,12-13H2,1-2H3,(H,23,28). The minimum atomic E-state index is -0.206. The summed E-state index contributed by atoms with van der Waals surface area (Å²) in [6.45, 7) is 4.44. The summed E-state index contributed by atoms with van der Waals surface area (Å²) in [6, 6.07) is 17.2. The molecular formula is C22H22N4O2. The minimum absolute atomic E-state index is 0.124. The fourth-order valence-corrected chi connectivity index (χ4v) is 3.66. The Bertz CT molecular complexity index is 1040. The molecule has 0 saturated carbocycles. The van der Waals surface area contributed by atoms with Crippen LogP contribution in [-0.4, -0.2) is 28.1 Å². The molecule has 6 nitrogen and oxygen atoms in total. The Hall–Kier alpha value is -3.41. The summed E-state index contributed by atoms with van der Waals surface area (Å²) in [5, 5.41) is 7.49. The van der Waals surface area contributed by atoms with Gasteiger partial charge in [-0.15, -0.1) is 0 Å². The minimum Gasteiger partial charge on any atom is -0.322 e. The summed E-state index contributed by atoms with van der Waals surface area (Å²) in [5.41, 5.74) is 4.40. The average molecular weight is 374 g/mol. The number of anilines is 2. The number of amides is 2. The highest BCUT2D eigenvalue weighted by Crippen LogP contribution is 2.25. The van der Waals surface area contributed by atoms with Crippen molar-refractivity contribution in [1.82, 2.24) is 9.78 Å². The van der Waals surface area contributed by atoms with Crippen molar-refractivity contribution in [3.63, 3.8) is 0 Å². The van der Waals surface area contributed by atoms with Gasteiger partial charge in [0.2, 0.25) is 5.91 Å². The first-order chi connectivity index (χ1) is 13.5. The summed E-state index contributed by atoms with van der Waals surface area (Å²) < 4.78 is 1.78. The van der Waals surface area contributed by atoms with Crippen LogP contribution in [0.2, 0.25) is 0 Å². The highest BCUT2D eigenvalue weighted by atomic mass is 16.2. The summed E-state index contributed by atoms with van der Waals surface area (Å²) in [4.78, 5) is 26.7. The molecule has 1 aliphatic heterocycles. The molecule has 0 aliphatic carbocycles. The lowest BCUT2D eigenvalue weighted by molar-refractivity contribution is -0.117. The molecule has 2 heterocycles. The SMILES string of the molecule is Cc1nn(-c2ccccc2)c(C)c1C(=O)Nc1cccc(N2CCCC2=O)c1. The number of carbonyl (C=O) groups excluding carboxylic acids is 2. The second-order valence-electron chi connectivity index (χ2n) is 6.95. The summed E-state index contributed by atoms with van der Waals surface area (Å²) in [6.07, 6.45) is 1.44. The van der Waals surface area contributed by atoms with E-state index < -0.39 is 0 Å². The molecule has 28 heavy (non-hydrogen) atoms. The third-order valence-corrected chi connectivity index (χ3v) is 5.01. The van der Waals surface area contributed by atoms with Gasteiger partial charge in [-0.3, -0.25) is 9.59 Å².